The second-order valence-corrected chi connectivity index (χ2v) is 2.46. The van der Waals surface area contributed by atoms with Crippen LogP contribution in [-0.4, -0.2) is 26.3 Å². The maximum absolute atomic E-state index is 10.3. The molecule has 0 saturated heterocycles. The zero-order valence-electron chi connectivity index (χ0n) is 6.90. The van der Waals surface area contributed by atoms with Crippen molar-refractivity contribution >= 4 is 5.97 Å². The van der Waals surface area contributed by atoms with E-state index in [-0.39, 0.29) is 6.42 Å². The van der Waals surface area contributed by atoms with Gasteiger partial charge in [-0.1, -0.05) is 0 Å². The lowest BCUT2D eigenvalue weighted by molar-refractivity contribution is -0.136. The van der Waals surface area contributed by atoms with Crippen molar-refractivity contribution in [2.45, 2.75) is 20.3 Å². The zero-order chi connectivity index (χ0) is 9.14. The maximum atomic E-state index is 10.3. The molecule has 1 aromatic heterocycles. The van der Waals surface area contributed by atoms with Gasteiger partial charge in [0, 0.05) is 0 Å². The average Bonchev–Trinajstić information content (AvgIpc) is 1.94. The highest BCUT2D eigenvalue weighted by Gasteiger charge is 2.06. The van der Waals surface area contributed by atoms with E-state index in [1.54, 1.807) is 13.8 Å². The second kappa shape index (κ2) is 3.25. The third-order valence-electron chi connectivity index (χ3n) is 1.38. The molecule has 1 heterocycles. The van der Waals surface area contributed by atoms with Crippen LogP contribution in [0.4, 0.5) is 0 Å². The molecule has 1 N–H and O–H groups in total. The van der Waals surface area contributed by atoms with Gasteiger partial charge in [-0.05, 0) is 13.8 Å². The first-order valence-corrected chi connectivity index (χ1v) is 3.48. The topological polar surface area (TPSA) is 76.0 Å². The van der Waals surface area contributed by atoms with Crippen LogP contribution >= 0.6 is 0 Å². The van der Waals surface area contributed by atoms with Crippen molar-refractivity contribution in [1.82, 2.24) is 15.2 Å². The Balaban J connectivity index is 2.93. The summed E-state index contributed by atoms with van der Waals surface area (Å²) in [6.07, 6.45) is -0.119. The van der Waals surface area contributed by atoms with Crippen molar-refractivity contribution in [3.05, 3.63) is 17.2 Å². The van der Waals surface area contributed by atoms with Crippen LogP contribution < -0.4 is 0 Å². The summed E-state index contributed by atoms with van der Waals surface area (Å²) in [4.78, 5) is 14.3. The monoisotopic (exact) mass is 167 g/mol. The number of aliphatic carboxylic acids is 1. The van der Waals surface area contributed by atoms with Crippen molar-refractivity contribution in [3.8, 4) is 0 Å². The summed E-state index contributed by atoms with van der Waals surface area (Å²) in [5, 5.41) is 15.9. The summed E-state index contributed by atoms with van der Waals surface area (Å²) in [5.41, 5.74) is 1.05. The number of aryl methyl sites for hydroxylation is 2. The van der Waals surface area contributed by atoms with Crippen LogP contribution in [0.25, 0.3) is 0 Å². The van der Waals surface area contributed by atoms with Crippen LogP contribution in [0.3, 0.4) is 0 Å². The summed E-state index contributed by atoms with van der Waals surface area (Å²) >= 11 is 0. The van der Waals surface area contributed by atoms with Gasteiger partial charge in [0.2, 0.25) is 0 Å². The van der Waals surface area contributed by atoms with Gasteiger partial charge in [-0.25, -0.2) is 4.98 Å². The number of nitrogens with zero attached hydrogens (tertiary/aromatic N) is 3. The Hall–Kier alpha value is -1.52. The van der Waals surface area contributed by atoms with Crippen LogP contribution in [-0.2, 0) is 11.2 Å². The van der Waals surface area contributed by atoms with E-state index in [0.29, 0.717) is 17.2 Å². The van der Waals surface area contributed by atoms with Gasteiger partial charge in [0.25, 0.3) is 0 Å². The fourth-order valence-corrected chi connectivity index (χ4v) is 0.841. The smallest absolute Gasteiger partial charge is 0.309 e. The molecule has 5 heteroatoms. The lowest BCUT2D eigenvalue weighted by Crippen LogP contribution is -2.08. The third kappa shape index (κ3) is 1.98. The number of hydrogen-bond donors (Lipinski definition) is 1. The summed E-state index contributed by atoms with van der Waals surface area (Å²) in [6.45, 7) is 3.44. The molecule has 0 aromatic carbocycles. The molecule has 1 rings (SSSR count). The molecule has 0 bridgehead atoms. The summed E-state index contributed by atoms with van der Waals surface area (Å²) in [6, 6.07) is 0. The van der Waals surface area contributed by atoms with E-state index < -0.39 is 5.97 Å². The fourth-order valence-electron chi connectivity index (χ4n) is 0.841. The van der Waals surface area contributed by atoms with E-state index in [0.717, 1.165) is 0 Å². The standard InChI is InChI=1S/C7H9N3O2/c1-4-6(3-7(11)12)10-9-5(2)8-4/h3H2,1-2H3,(H,11,12). The second-order valence-electron chi connectivity index (χ2n) is 2.46. The van der Waals surface area contributed by atoms with Gasteiger partial charge in [0.05, 0.1) is 17.8 Å². The Morgan fingerprint density at radius 1 is 1.42 bits per heavy atom. The first-order valence-electron chi connectivity index (χ1n) is 3.48. The van der Waals surface area contributed by atoms with Gasteiger partial charge >= 0.3 is 5.97 Å². The lowest BCUT2D eigenvalue weighted by Gasteiger charge is -1.99. The number of carboxylic acids is 1. The van der Waals surface area contributed by atoms with E-state index in [4.69, 9.17) is 5.11 Å². The summed E-state index contributed by atoms with van der Waals surface area (Å²) in [5.74, 6) is -0.361. The Labute approximate surface area is 69.5 Å². The molecule has 0 aliphatic rings. The first kappa shape index (κ1) is 8.58. The Bertz CT molecular complexity index is 312. The molecule has 12 heavy (non-hydrogen) atoms. The number of hydrogen-bond acceptors (Lipinski definition) is 4. The van der Waals surface area contributed by atoms with Crippen molar-refractivity contribution in [2.75, 3.05) is 0 Å². The summed E-state index contributed by atoms with van der Waals surface area (Å²) < 4.78 is 0. The number of carbonyl (C=O) groups is 1. The maximum Gasteiger partial charge on any atom is 0.309 e. The van der Waals surface area contributed by atoms with Crippen LogP contribution in [0.15, 0.2) is 0 Å². The molecule has 0 spiro atoms. The van der Waals surface area contributed by atoms with Crippen LogP contribution in [0.2, 0.25) is 0 Å². The van der Waals surface area contributed by atoms with Gasteiger partial charge in [-0.3, -0.25) is 4.79 Å². The van der Waals surface area contributed by atoms with Crippen molar-refractivity contribution in [1.29, 1.82) is 0 Å². The van der Waals surface area contributed by atoms with E-state index in [1.165, 1.54) is 0 Å². The van der Waals surface area contributed by atoms with E-state index in [1.807, 2.05) is 0 Å². The predicted octanol–water partition coefficient (Wildman–Crippen LogP) is 0.116. The third-order valence-corrected chi connectivity index (χ3v) is 1.38. The van der Waals surface area contributed by atoms with Gasteiger partial charge in [-0.2, -0.15) is 5.10 Å². The molecule has 0 unspecified atom stereocenters. The predicted molar refractivity (Wildman–Crippen MR) is 40.6 cm³/mol. The highest BCUT2D eigenvalue weighted by molar-refractivity contribution is 5.69. The quantitative estimate of drug-likeness (QED) is 0.676. The van der Waals surface area contributed by atoms with E-state index >= 15 is 0 Å². The largest absolute Gasteiger partial charge is 0.481 e. The first-order chi connectivity index (χ1) is 5.59. The Morgan fingerprint density at radius 2 is 2.08 bits per heavy atom. The van der Waals surface area contributed by atoms with E-state index in [9.17, 15) is 4.79 Å². The molecular weight excluding hydrogens is 158 g/mol. The average molecular weight is 167 g/mol. The number of carboxylic acid groups (broad SMARTS) is 1. The van der Waals surface area contributed by atoms with Crippen LogP contribution in [0.5, 0.6) is 0 Å². The van der Waals surface area contributed by atoms with Crippen molar-refractivity contribution in [3.63, 3.8) is 0 Å². The lowest BCUT2D eigenvalue weighted by atomic mass is 10.2. The van der Waals surface area contributed by atoms with Crippen molar-refractivity contribution < 1.29 is 9.90 Å². The molecule has 0 atom stereocenters. The molecule has 0 aliphatic carbocycles. The zero-order valence-corrected chi connectivity index (χ0v) is 6.90. The van der Waals surface area contributed by atoms with Crippen LogP contribution in [0, 0.1) is 13.8 Å². The van der Waals surface area contributed by atoms with Gasteiger partial charge in [0.1, 0.15) is 5.82 Å². The molecular formula is C7H9N3O2. The molecule has 5 nitrogen and oxygen atoms in total. The molecule has 0 amide bonds. The fraction of sp³-hybridized carbons (Fsp3) is 0.429. The van der Waals surface area contributed by atoms with Crippen molar-refractivity contribution in [2.24, 2.45) is 0 Å². The van der Waals surface area contributed by atoms with E-state index in [2.05, 4.69) is 15.2 Å². The minimum absolute atomic E-state index is 0.119. The molecule has 0 radical (unpaired) electrons. The molecule has 0 fully saturated rings. The van der Waals surface area contributed by atoms with Crippen LogP contribution in [0.1, 0.15) is 17.2 Å². The molecule has 1 aromatic rings. The minimum atomic E-state index is -0.918. The molecule has 64 valence electrons. The Kier molecular flexibility index (Phi) is 2.32. The SMILES string of the molecule is Cc1nnc(CC(=O)O)c(C)n1. The Morgan fingerprint density at radius 3 is 2.58 bits per heavy atom. The summed E-state index contributed by atoms with van der Waals surface area (Å²) in [7, 11) is 0. The highest BCUT2D eigenvalue weighted by atomic mass is 16.4. The highest BCUT2D eigenvalue weighted by Crippen LogP contribution is 2.00. The normalized spacial score (nSPS) is 9.83. The number of aromatic nitrogens is 3. The van der Waals surface area contributed by atoms with Gasteiger partial charge in [-0.15, -0.1) is 5.10 Å². The van der Waals surface area contributed by atoms with Gasteiger partial charge < -0.3 is 5.11 Å². The molecule has 0 aliphatic heterocycles. The molecule has 0 saturated carbocycles. The number of rotatable bonds is 2. The van der Waals surface area contributed by atoms with Gasteiger partial charge in [0.15, 0.2) is 0 Å². The minimum Gasteiger partial charge on any atom is -0.481 e.